The first-order valence-electron chi connectivity index (χ1n) is 5.04. The maximum absolute atomic E-state index is 5.63. The highest BCUT2D eigenvalue weighted by Crippen LogP contribution is 2.37. The molecule has 0 aromatic heterocycles. The van der Waals surface area contributed by atoms with Crippen molar-refractivity contribution >= 4 is 0 Å². The zero-order valence-electron chi connectivity index (χ0n) is 8.86. The van der Waals surface area contributed by atoms with Gasteiger partial charge in [-0.25, -0.2) is 0 Å². The maximum atomic E-state index is 5.63. The lowest BCUT2D eigenvalue weighted by Crippen LogP contribution is -2.03. The van der Waals surface area contributed by atoms with E-state index in [1.54, 1.807) is 6.07 Å². The van der Waals surface area contributed by atoms with E-state index < -0.39 is 0 Å². The number of rotatable bonds is 4. The summed E-state index contributed by atoms with van der Waals surface area (Å²) in [5.74, 6) is 4.63. The van der Waals surface area contributed by atoms with Gasteiger partial charge in [-0.15, -0.1) is 12.3 Å². The van der Waals surface area contributed by atoms with Crippen LogP contribution >= 0.6 is 0 Å². The molecule has 0 radical (unpaired) electrons. The van der Waals surface area contributed by atoms with Gasteiger partial charge in [0, 0.05) is 24.6 Å². The molecule has 4 heteroatoms. The monoisotopic (exact) mass is 219 g/mol. The Balaban J connectivity index is 2.19. The van der Waals surface area contributed by atoms with Gasteiger partial charge in [0.05, 0.1) is 6.61 Å². The van der Waals surface area contributed by atoms with E-state index in [9.17, 15) is 0 Å². The summed E-state index contributed by atoms with van der Waals surface area (Å²) in [5.41, 5.74) is 6.52. The predicted octanol–water partition coefficient (Wildman–Crippen LogP) is 1.28. The van der Waals surface area contributed by atoms with Gasteiger partial charge >= 0.3 is 0 Å². The first-order valence-corrected chi connectivity index (χ1v) is 5.04. The number of terminal acetylenes is 1. The largest absolute Gasteiger partial charge is 0.492 e. The van der Waals surface area contributed by atoms with E-state index in [1.807, 2.05) is 6.07 Å². The van der Waals surface area contributed by atoms with Gasteiger partial charge in [0.15, 0.2) is 11.5 Å². The van der Waals surface area contributed by atoms with E-state index in [4.69, 9.17) is 26.4 Å². The number of ether oxygens (including phenoxy) is 3. The Hall–Kier alpha value is -1.86. The van der Waals surface area contributed by atoms with E-state index in [1.165, 1.54) is 0 Å². The lowest BCUT2D eigenvalue weighted by molar-refractivity contribution is 0.173. The second kappa shape index (κ2) is 4.77. The molecule has 1 aromatic carbocycles. The van der Waals surface area contributed by atoms with Crippen LogP contribution in [-0.2, 0) is 6.54 Å². The molecule has 2 rings (SSSR count). The quantitative estimate of drug-likeness (QED) is 0.612. The zero-order valence-corrected chi connectivity index (χ0v) is 8.86. The Morgan fingerprint density at radius 1 is 1.38 bits per heavy atom. The van der Waals surface area contributed by atoms with Crippen LogP contribution in [0.1, 0.15) is 12.0 Å². The molecule has 0 spiro atoms. The van der Waals surface area contributed by atoms with Crippen molar-refractivity contribution in [1.82, 2.24) is 0 Å². The third kappa shape index (κ3) is 2.05. The smallest absolute Gasteiger partial charge is 0.231 e. The molecule has 4 nitrogen and oxygen atoms in total. The molecule has 1 aliphatic rings. The third-order valence-electron chi connectivity index (χ3n) is 2.28. The Morgan fingerprint density at radius 2 is 2.12 bits per heavy atom. The molecule has 0 amide bonds. The summed E-state index contributed by atoms with van der Waals surface area (Å²) in [4.78, 5) is 0. The topological polar surface area (TPSA) is 53.7 Å². The van der Waals surface area contributed by atoms with Crippen LogP contribution in [0.25, 0.3) is 0 Å². The molecule has 0 fully saturated rings. The molecule has 0 saturated carbocycles. The Bertz CT molecular complexity index is 423. The molecule has 0 bridgehead atoms. The van der Waals surface area contributed by atoms with Crippen molar-refractivity contribution in [2.45, 2.75) is 13.0 Å². The van der Waals surface area contributed by atoms with Crippen molar-refractivity contribution in [3.8, 4) is 29.6 Å². The Kier molecular flexibility index (Phi) is 3.18. The van der Waals surface area contributed by atoms with E-state index in [0.717, 1.165) is 5.56 Å². The maximum Gasteiger partial charge on any atom is 0.231 e. The molecule has 1 heterocycles. The fourth-order valence-electron chi connectivity index (χ4n) is 1.48. The minimum absolute atomic E-state index is 0.243. The van der Waals surface area contributed by atoms with Gasteiger partial charge in [0.2, 0.25) is 6.79 Å². The van der Waals surface area contributed by atoms with Crippen molar-refractivity contribution in [2.75, 3.05) is 13.4 Å². The Morgan fingerprint density at radius 3 is 2.81 bits per heavy atom. The number of hydrogen-bond acceptors (Lipinski definition) is 4. The van der Waals surface area contributed by atoms with Crippen LogP contribution in [0.5, 0.6) is 17.2 Å². The number of hydrogen-bond donors (Lipinski definition) is 1. The summed E-state index contributed by atoms with van der Waals surface area (Å²) in [6, 6.07) is 3.63. The normalized spacial score (nSPS) is 12.2. The first kappa shape index (κ1) is 10.7. The second-order valence-corrected chi connectivity index (χ2v) is 3.32. The molecule has 1 aromatic rings. The van der Waals surface area contributed by atoms with Gasteiger partial charge in [0.1, 0.15) is 5.75 Å². The molecular weight excluding hydrogens is 206 g/mol. The standard InChI is InChI=1S/C12H13NO3/c1-2-3-4-14-10-6-12-11(15-8-16-12)5-9(10)7-13/h1,5-6H,3-4,7-8,13H2. The summed E-state index contributed by atoms with van der Waals surface area (Å²) >= 11 is 0. The van der Waals surface area contributed by atoms with Crippen molar-refractivity contribution in [3.63, 3.8) is 0 Å². The average Bonchev–Trinajstić information content (AvgIpc) is 2.75. The van der Waals surface area contributed by atoms with Crippen molar-refractivity contribution < 1.29 is 14.2 Å². The fraction of sp³-hybridized carbons (Fsp3) is 0.333. The molecule has 0 aliphatic carbocycles. The van der Waals surface area contributed by atoms with Crippen LogP contribution in [0.4, 0.5) is 0 Å². The molecule has 84 valence electrons. The summed E-state index contributed by atoms with van der Waals surface area (Å²) in [5, 5.41) is 0. The lowest BCUT2D eigenvalue weighted by atomic mass is 10.2. The molecule has 0 unspecified atom stereocenters. The van der Waals surface area contributed by atoms with E-state index in [-0.39, 0.29) is 6.79 Å². The van der Waals surface area contributed by atoms with Gasteiger partial charge in [-0.05, 0) is 6.07 Å². The van der Waals surface area contributed by atoms with Crippen LogP contribution in [0, 0.1) is 12.3 Å². The number of benzene rings is 1. The van der Waals surface area contributed by atoms with Gasteiger partial charge in [-0.3, -0.25) is 0 Å². The van der Waals surface area contributed by atoms with Gasteiger partial charge < -0.3 is 19.9 Å². The van der Waals surface area contributed by atoms with Crippen LogP contribution in [0.15, 0.2) is 12.1 Å². The SMILES string of the molecule is C#CCCOc1cc2c(cc1CN)OCO2. The lowest BCUT2D eigenvalue weighted by Gasteiger charge is -2.10. The molecule has 16 heavy (non-hydrogen) atoms. The third-order valence-corrected chi connectivity index (χ3v) is 2.28. The molecule has 2 N–H and O–H groups in total. The van der Waals surface area contributed by atoms with Crippen molar-refractivity contribution in [2.24, 2.45) is 5.73 Å². The summed E-state index contributed by atoms with van der Waals surface area (Å²) in [6.45, 7) is 1.11. The highest BCUT2D eigenvalue weighted by Gasteiger charge is 2.17. The summed E-state index contributed by atoms with van der Waals surface area (Å²) in [7, 11) is 0. The number of nitrogens with two attached hydrogens (primary N) is 1. The van der Waals surface area contributed by atoms with Crippen LogP contribution in [0.3, 0.4) is 0 Å². The van der Waals surface area contributed by atoms with Crippen molar-refractivity contribution in [3.05, 3.63) is 17.7 Å². The highest BCUT2D eigenvalue weighted by atomic mass is 16.7. The zero-order chi connectivity index (χ0) is 11.4. The second-order valence-electron chi connectivity index (χ2n) is 3.32. The van der Waals surface area contributed by atoms with Crippen LogP contribution < -0.4 is 19.9 Å². The van der Waals surface area contributed by atoms with Crippen molar-refractivity contribution in [1.29, 1.82) is 0 Å². The molecule has 1 aliphatic heterocycles. The minimum Gasteiger partial charge on any atom is -0.492 e. The summed E-state index contributed by atoms with van der Waals surface area (Å²) < 4.78 is 16.1. The van der Waals surface area contributed by atoms with E-state index in [0.29, 0.717) is 36.8 Å². The van der Waals surface area contributed by atoms with Gasteiger partial charge in [-0.2, -0.15) is 0 Å². The Labute approximate surface area is 94.3 Å². The first-order chi connectivity index (χ1) is 7.85. The van der Waals surface area contributed by atoms with Crippen LogP contribution in [-0.4, -0.2) is 13.4 Å². The van der Waals surface area contributed by atoms with Gasteiger partial charge in [-0.1, -0.05) is 0 Å². The predicted molar refractivity (Wildman–Crippen MR) is 59.4 cm³/mol. The molecular formula is C12H13NO3. The number of fused-ring (bicyclic) bond motifs is 1. The van der Waals surface area contributed by atoms with Gasteiger partial charge in [0.25, 0.3) is 0 Å². The van der Waals surface area contributed by atoms with Crippen LogP contribution in [0.2, 0.25) is 0 Å². The van der Waals surface area contributed by atoms with E-state index >= 15 is 0 Å². The summed E-state index contributed by atoms with van der Waals surface area (Å²) in [6.07, 6.45) is 5.72. The van der Waals surface area contributed by atoms with E-state index in [2.05, 4.69) is 5.92 Å². The molecule has 0 saturated heterocycles. The highest BCUT2D eigenvalue weighted by molar-refractivity contribution is 5.51. The molecule has 0 atom stereocenters. The fourth-order valence-corrected chi connectivity index (χ4v) is 1.48. The minimum atomic E-state index is 0.243. The average molecular weight is 219 g/mol.